The molecule has 0 aromatic rings. The van der Waals surface area contributed by atoms with Crippen molar-refractivity contribution in [1.29, 1.82) is 0 Å². The van der Waals surface area contributed by atoms with Crippen LogP contribution in [0.3, 0.4) is 0 Å². The summed E-state index contributed by atoms with van der Waals surface area (Å²) in [6, 6.07) is 0. The molecule has 0 aromatic carbocycles. The van der Waals surface area contributed by atoms with E-state index < -0.39 is 0 Å². The molecule has 0 amide bonds. The standard InChI is InChI=1S/C10H12N2S/c1-9-5-3-7-11(9)13-12-8-4-6-10(12)2/h3-8H,1-2H3/p+2. The molecule has 2 unspecified atom stereocenters. The lowest BCUT2D eigenvalue weighted by Gasteiger charge is -2.10. The van der Waals surface area contributed by atoms with E-state index in [4.69, 9.17) is 0 Å². The van der Waals surface area contributed by atoms with Crippen LogP contribution in [0.1, 0.15) is 13.8 Å². The van der Waals surface area contributed by atoms with Crippen molar-refractivity contribution in [3.8, 4) is 0 Å². The quantitative estimate of drug-likeness (QED) is 0.596. The van der Waals surface area contributed by atoms with E-state index in [1.54, 1.807) is 0 Å². The Balaban J connectivity index is 1.99. The highest BCUT2D eigenvalue weighted by molar-refractivity contribution is 7.86. The third-order valence-corrected chi connectivity index (χ3v) is 3.54. The van der Waals surface area contributed by atoms with Gasteiger partial charge in [0.15, 0.2) is 0 Å². The van der Waals surface area contributed by atoms with Gasteiger partial charge >= 0.3 is 12.1 Å². The fourth-order valence-corrected chi connectivity index (χ4v) is 2.32. The minimum Gasteiger partial charge on any atom is -0.167 e. The number of rotatable bonds is 2. The molecule has 0 bridgehead atoms. The number of nitrogens with one attached hydrogen (secondary N) is 2. The van der Waals surface area contributed by atoms with Gasteiger partial charge in [0, 0.05) is 26.0 Å². The molecular weight excluding hydrogens is 180 g/mol. The third kappa shape index (κ3) is 1.77. The summed E-state index contributed by atoms with van der Waals surface area (Å²) in [5, 5.41) is 0. The summed E-state index contributed by atoms with van der Waals surface area (Å²) in [6.45, 7) is 4.31. The lowest BCUT2D eigenvalue weighted by atomic mass is 10.5. The first kappa shape index (κ1) is 8.81. The molecule has 0 radical (unpaired) electrons. The van der Waals surface area contributed by atoms with Gasteiger partial charge in [0.2, 0.25) is 0 Å². The smallest absolute Gasteiger partial charge is 0.167 e. The minimum absolute atomic E-state index is 1.37. The molecule has 13 heavy (non-hydrogen) atoms. The first-order chi connectivity index (χ1) is 6.27. The second kappa shape index (κ2) is 3.54. The van der Waals surface area contributed by atoms with Gasteiger partial charge in [-0.2, -0.15) is 8.61 Å². The molecule has 0 saturated carbocycles. The topological polar surface area (TPSA) is 8.88 Å². The highest BCUT2D eigenvalue weighted by atomic mass is 32.2. The van der Waals surface area contributed by atoms with E-state index in [1.165, 1.54) is 20.0 Å². The molecule has 2 nitrogen and oxygen atoms in total. The van der Waals surface area contributed by atoms with Crippen molar-refractivity contribution in [1.82, 2.24) is 0 Å². The van der Waals surface area contributed by atoms with Crippen molar-refractivity contribution >= 4 is 12.1 Å². The Morgan fingerprint density at radius 1 is 0.923 bits per heavy atom. The Morgan fingerprint density at radius 2 is 1.38 bits per heavy atom. The van der Waals surface area contributed by atoms with Crippen LogP contribution in [-0.4, -0.2) is 0 Å². The molecule has 3 heteroatoms. The highest BCUT2D eigenvalue weighted by Gasteiger charge is 2.25. The molecule has 2 aliphatic rings. The second-order valence-corrected chi connectivity index (χ2v) is 4.33. The van der Waals surface area contributed by atoms with E-state index in [2.05, 4.69) is 50.6 Å². The molecule has 2 atom stereocenters. The van der Waals surface area contributed by atoms with Crippen molar-refractivity contribution in [2.45, 2.75) is 13.8 Å². The first-order valence-electron chi connectivity index (χ1n) is 4.40. The van der Waals surface area contributed by atoms with Gasteiger partial charge < -0.3 is 0 Å². The minimum atomic E-state index is 1.37. The molecule has 0 aliphatic carbocycles. The van der Waals surface area contributed by atoms with Crippen molar-refractivity contribution in [2.24, 2.45) is 0 Å². The molecule has 0 saturated heterocycles. The molecule has 0 aromatic heterocycles. The summed E-state index contributed by atoms with van der Waals surface area (Å²) in [7, 11) is 0. The van der Waals surface area contributed by atoms with Crippen LogP contribution in [-0.2, 0) is 0 Å². The Morgan fingerprint density at radius 3 is 1.69 bits per heavy atom. The molecule has 2 N–H and O–H groups in total. The SMILES string of the molecule is CC1=CC=C[NH+]1S[NH+]1C=CC=C1C. The van der Waals surface area contributed by atoms with Gasteiger partial charge in [0.05, 0.1) is 0 Å². The predicted molar refractivity (Wildman–Crippen MR) is 55.3 cm³/mol. The van der Waals surface area contributed by atoms with Crippen LogP contribution < -0.4 is 8.61 Å². The molecular formula is C10H14N2S+2. The van der Waals surface area contributed by atoms with Gasteiger partial charge in [-0.3, -0.25) is 0 Å². The van der Waals surface area contributed by atoms with Crippen LogP contribution in [0.4, 0.5) is 0 Å². The zero-order valence-corrected chi connectivity index (χ0v) is 8.69. The molecule has 0 spiro atoms. The Bertz CT molecular complexity index is 294. The lowest BCUT2D eigenvalue weighted by Crippen LogP contribution is -3.14. The number of quaternary nitrogens is 2. The number of allylic oxidation sites excluding steroid dienone is 6. The summed E-state index contributed by atoms with van der Waals surface area (Å²) in [5.74, 6) is 0. The zero-order valence-electron chi connectivity index (χ0n) is 7.87. The molecule has 2 aliphatic heterocycles. The van der Waals surface area contributed by atoms with Gasteiger partial charge in [-0.1, -0.05) is 0 Å². The van der Waals surface area contributed by atoms with E-state index in [0.717, 1.165) is 0 Å². The van der Waals surface area contributed by atoms with E-state index in [1.807, 2.05) is 12.1 Å². The summed E-state index contributed by atoms with van der Waals surface area (Å²) in [6.07, 6.45) is 12.9. The molecule has 68 valence electrons. The Labute approximate surface area is 83.2 Å². The Hall–Kier alpha value is -0.770. The maximum atomic E-state index is 2.17. The number of hydrogen-bond donors (Lipinski definition) is 2. The van der Waals surface area contributed by atoms with Gasteiger partial charge in [0.1, 0.15) is 23.8 Å². The Kier molecular flexibility index (Phi) is 2.40. The molecule has 0 fully saturated rings. The van der Waals surface area contributed by atoms with E-state index in [9.17, 15) is 0 Å². The normalized spacial score (nSPS) is 30.9. The van der Waals surface area contributed by atoms with Crippen molar-refractivity contribution in [2.75, 3.05) is 0 Å². The second-order valence-electron chi connectivity index (χ2n) is 3.25. The van der Waals surface area contributed by atoms with Crippen LogP contribution in [0.25, 0.3) is 0 Å². The van der Waals surface area contributed by atoms with E-state index >= 15 is 0 Å². The van der Waals surface area contributed by atoms with Gasteiger partial charge in [-0.15, -0.1) is 0 Å². The molecule has 2 heterocycles. The van der Waals surface area contributed by atoms with Crippen LogP contribution in [0.2, 0.25) is 0 Å². The first-order valence-corrected chi connectivity index (χ1v) is 5.21. The average molecular weight is 194 g/mol. The summed E-state index contributed by atoms with van der Waals surface area (Å²) < 4.78 is 2.74. The van der Waals surface area contributed by atoms with Crippen molar-refractivity contribution in [3.63, 3.8) is 0 Å². The van der Waals surface area contributed by atoms with Gasteiger partial charge in [0.25, 0.3) is 0 Å². The average Bonchev–Trinajstić information content (AvgIpc) is 2.65. The predicted octanol–water partition coefficient (Wildman–Crippen LogP) is 0.182. The largest absolute Gasteiger partial charge is 0.341 e. The van der Waals surface area contributed by atoms with E-state index in [-0.39, 0.29) is 0 Å². The zero-order chi connectivity index (χ0) is 9.26. The maximum absolute atomic E-state index is 2.17. The van der Waals surface area contributed by atoms with Crippen molar-refractivity contribution in [3.05, 3.63) is 48.1 Å². The van der Waals surface area contributed by atoms with Crippen LogP contribution in [0, 0.1) is 0 Å². The van der Waals surface area contributed by atoms with Crippen LogP contribution in [0.15, 0.2) is 48.1 Å². The number of hydrogen-bond acceptors (Lipinski definition) is 1. The van der Waals surface area contributed by atoms with Crippen LogP contribution >= 0.6 is 12.1 Å². The van der Waals surface area contributed by atoms with E-state index in [0.29, 0.717) is 0 Å². The fourth-order valence-electron chi connectivity index (χ4n) is 1.33. The summed E-state index contributed by atoms with van der Waals surface area (Å²) in [5.41, 5.74) is 2.73. The van der Waals surface area contributed by atoms with Gasteiger partial charge in [-0.05, 0) is 12.2 Å². The fraction of sp³-hybridized carbons (Fsp3) is 0.200. The third-order valence-electron chi connectivity index (χ3n) is 2.18. The molecule has 2 rings (SSSR count). The summed E-state index contributed by atoms with van der Waals surface area (Å²) in [4.78, 5) is 0. The maximum Gasteiger partial charge on any atom is 0.341 e. The van der Waals surface area contributed by atoms with Crippen molar-refractivity contribution < 1.29 is 8.61 Å². The lowest BCUT2D eigenvalue weighted by molar-refractivity contribution is -0.740. The highest BCUT2D eigenvalue weighted by Crippen LogP contribution is 1.96. The summed E-state index contributed by atoms with van der Waals surface area (Å²) >= 11 is 1.85. The van der Waals surface area contributed by atoms with Gasteiger partial charge in [-0.25, -0.2) is 0 Å². The van der Waals surface area contributed by atoms with Crippen LogP contribution in [0.5, 0.6) is 0 Å². The monoisotopic (exact) mass is 194 g/mol.